The van der Waals surface area contributed by atoms with Gasteiger partial charge in [-0.15, -0.1) is 0 Å². The van der Waals surface area contributed by atoms with Crippen LogP contribution in [0.25, 0.3) is 0 Å². The summed E-state index contributed by atoms with van der Waals surface area (Å²) in [6, 6.07) is 2.15. The van der Waals surface area contributed by atoms with Crippen molar-refractivity contribution in [2.75, 3.05) is 0 Å². The second-order valence-corrected chi connectivity index (χ2v) is 5.12. The van der Waals surface area contributed by atoms with Gasteiger partial charge in [0.2, 0.25) is 0 Å². The van der Waals surface area contributed by atoms with Crippen molar-refractivity contribution in [3.63, 3.8) is 0 Å². The Morgan fingerprint density at radius 3 is 2.92 bits per heavy atom. The Kier molecular flexibility index (Phi) is 2.43. The first kappa shape index (κ1) is 9.22. The standard InChI is InChI=1S/C11H16OS/c1-11(5-6-11)10(12)3-2-9-4-7-13-8-9/h4,7-8,10,12H,2-3,5-6H2,1H3. The molecule has 0 aliphatic heterocycles. The third-order valence-electron chi connectivity index (χ3n) is 3.13. The summed E-state index contributed by atoms with van der Waals surface area (Å²) in [4.78, 5) is 0. The fourth-order valence-electron chi connectivity index (χ4n) is 1.62. The molecule has 1 N–H and O–H groups in total. The molecule has 2 rings (SSSR count). The normalized spacial score (nSPS) is 21.4. The predicted octanol–water partition coefficient (Wildman–Crippen LogP) is 2.84. The highest BCUT2D eigenvalue weighted by Gasteiger charge is 2.43. The Labute approximate surface area is 83.4 Å². The lowest BCUT2D eigenvalue weighted by molar-refractivity contribution is 0.0945. The van der Waals surface area contributed by atoms with Crippen molar-refractivity contribution < 1.29 is 5.11 Å². The highest BCUT2D eigenvalue weighted by atomic mass is 32.1. The largest absolute Gasteiger partial charge is 0.393 e. The van der Waals surface area contributed by atoms with Gasteiger partial charge >= 0.3 is 0 Å². The molecule has 1 aliphatic rings. The molecule has 0 amide bonds. The van der Waals surface area contributed by atoms with Gasteiger partial charge in [-0.25, -0.2) is 0 Å². The van der Waals surface area contributed by atoms with E-state index in [0.717, 1.165) is 12.8 Å². The Morgan fingerprint density at radius 2 is 2.38 bits per heavy atom. The number of aliphatic hydroxyl groups is 1. The van der Waals surface area contributed by atoms with E-state index < -0.39 is 0 Å². The van der Waals surface area contributed by atoms with E-state index in [0.29, 0.717) is 0 Å². The molecule has 13 heavy (non-hydrogen) atoms. The maximum atomic E-state index is 9.85. The monoisotopic (exact) mass is 196 g/mol. The van der Waals surface area contributed by atoms with Crippen LogP contribution in [0.1, 0.15) is 31.7 Å². The summed E-state index contributed by atoms with van der Waals surface area (Å²) in [5.41, 5.74) is 1.63. The van der Waals surface area contributed by atoms with E-state index in [1.54, 1.807) is 11.3 Å². The summed E-state index contributed by atoms with van der Waals surface area (Å²) in [7, 11) is 0. The summed E-state index contributed by atoms with van der Waals surface area (Å²) in [6.07, 6.45) is 4.27. The first-order chi connectivity index (χ1) is 6.21. The first-order valence-corrected chi connectivity index (χ1v) is 5.84. The summed E-state index contributed by atoms with van der Waals surface area (Å²) in [6.45, 7) is 2.19. The van der Waals surface area contributed by atoms with Gasteiger partial charge in [-0.05, 0) is 53.5 Å². The molecule has 1 aliphatic carbocycles. The molecule has 0 bridgehead atoms. The first-order valence-electron chi connectivity index (χ1n) is 4.90. The van der Waals surface area contributed by atoms with Gasteiger partial charge in [0.15, 0.2) is 0 Å². The molecule has 1 saturated carbocycles. The van der Waals surface area contributed by atoms with Gasteiger partial charge in [-0.3, -0.25) is 0 Å². The van der Waals surface area contributed by atoms with Crippen LogP contribution >= 0.6 is 11.3 Å². The van der Waals surface area contributed by atoms with Crippen LogP contribution in [0.15, 0.2) is 16.8 Å². The maximum Gasteiger partial charge on any atom is 0.0597 e. The van der Waals surface area contributed by atoms with Crippen LogP contribution in [0.4, 0.5) is 0 Å². The van der Waals surface area contributed by atoms with Crippen molar-refractivity contribution in [3.8, 4) is 0 Å². The van der Waals surface area contributed by atoms with Gasteiger partial charge in [0.25, 0.3) is 0 Å². The zero-order chi connectivity index (χ0) is 9.31. The molecular formula is C11H16OS. The third-order valence-corrected chi connectivity index (χ3v) is 3.86. The van der Waals surface area contributed by atoms with Crippen molar-refractivity contribution in [3.05, 3.63) is 22.4 Å². The predicted molar refractivity (Wildman–Crippen MR) is 56.0 cm³/mol. The molecule has 1 atom stereocenters. The Balaban J connectivity index is 1.79. The lowest BCUT2D eigenvalue weighted by Crippen LogP contribution is -2.19. The zero-order valence-electron chi connectivity index (χ0n) is 7.99. The average molecular weight is 196 g/mol. The molecule has 1 heterocycles. The highest BCUT2D eigenvalue weighted by Crippen LogP contribution is 2.49. The molecule has 0 aromatic carbocycles. The topological polar surface area (TPSA) is 20.2 Å². The van der Waals surface area contributed by atoms with Crippen LogP contribution in [0.2, 0.25) is 0 Å². The van der Waals surface area contributed by atoms with Crippen molar-refractivity contribution in [1.29, 1.82) is 0 Å². The molecule has 0 saturated heterocycles. The Hall–Kier alpha value is -0.340. The summed E-state index contributed by atoms with van der Waals surface area (Å²) in [5, 5.41) is 14.1. The Bertz CT molecular complexity index is 262. The van der Waals surface area contributed by atoms with Crippen LogP contribution in [0, 0.1) is 5.41 Å². The number of hydrogen-bond acceptors (Lipinski definition) is 2. The average Bonchev–Trinajstić information content (AvgIpc) is 2.70. The number of thiophene rings is 1. The molecule has 1 aromatic rings. The quantitative estimate of drug-likeness (QED) is 0.785. The van der Waals surface area contributed by atoms with Crippen LogP contribution < -0.4 is 0 Å². The number of rotatable bonds is 4. The molecule has 1 nitrogen and oxygen atoms in total. The fourth-order valence-corrected chi connectivity index (χ4v) is 2.32. The summed E-state index contributed by atoms with van der Waals surface area (Å²) < 4.78 is 0. The minimum atomic E-state index is -0.0904. The van der Waals surface area contributed by atoms with E-state index in [9.17, 15) is 5.11 Å². The van der Waals surface area contributed by atoms with Gasteiger partial charge in [-0.2, -0.15) is 11.3 Å². The van der Waals surface area contributed by atoms with Crippen molar-refractivity contribution >= 4 is 11.3 Å². The fraction of sp³-hybridized carbons (Fsp3) is 0.636. The number of hydrogen-bond donors (Lipinski definition) is 1. The van der Waals surface area contributed by atoms with Crippen molar-refractivity contribution in [1.82, 2.24) is 0 Å². The SMILES string of the molecule is CC1(C(O)CCc2ccsc2)CC1. The minimum Gasteiger partial charge on any atom is -0.393 e. The smallest absolute Gasteiger partial charge is 0.0597 e. The highest BCUT2D eigenvalue weighted by molar-refractivity contribution is 7.07. The van der Waals surface area contributed by atoms with E-state index in [1.165, 1.54) is 18.4 Å². The molecule has 0 radical (unpaired) electrons. The maximum absolute atomic E-state index is 9.85. The Morgan fingerprint density at radius 1 is 1.62 bits per heavy atom. The molecule has 72 valence electrons. The minimum absolute atomic E-state index is 0.0904. The van der Waals surface area contributed by atoms with Gasteiger partial charge in [0.1, 0.15) is 0 Å². The van der Waals surface area contributed by atoms with Gasteiger partial charge in [0.05, 0.1) is 6.10 Å². The van der Waals surface area contributed by atoms with Crippen LogP contribution in [-0.2, 0) is 6.42 Å². The second-order valence-electron chi connectivity index (χ2n) is 4.34. The molecular weight excluding hydrogens is 180 g/mol. The van der Waals surface area contributed by atoms with Crippen LogP contribution in [0.5, 0.6) is 0 Å². The van der Waals surface area contributed by atoms with Gasteiger partial charge in [-0.1, -0.05) is 6.92 Å². The molecule has 2 heteroatoms. The molecule has 1 unspecified atom stereocenters. The van der Waals surface area contributed by atoms with E-state index in [-0.39, 0.29) is 11.5 Å². The lowest BCUT2D eigenvalue weighted by Gasteiger charge is -2.16. The number of aryl methyl sites for hydroxylation is 1. The van der Waals surface area contributed by atoms with Crippen LogP contribution in [-0.4, -0.2) is 11.2 Å². The summed E-state index contributed by atoms with van der Waals surface area (Å²) in [5.74, 6) is 0. The van der Waals surface area contributed by atoms with E-state index in [4.69, 9.17) is 0 Å². The van der Waals surface area contributed by atoms with E-state index in [2.05, 4.69) is 23.8 Å². The second kappa shape index (κ2) is 3.43. The third kappa shape index (κ3) is 2.12. The van der Waals surface area contributed by atoms with Crippen molar-refractivity contribution in [2.45, 2.75) is 38.7 Å². The van der Waals surface area contributed by atoms with Crippen LogP contribution in [0.3, 0.4) is 0 Å². The molecule has 1 fully saturated rings. The van der Waals surface area contributed by atoms with E-state index in [1.807, 2.05) is 0 Å². The summed E-state index contributed by atoms with van der Waals surface area (Å²) >= 11 is 1.73. The molecule has 0 spiro atoms. The van der Waals surface area contributed by atoms with Gasteiger partial charge < -0.3 is 5.11 Å². The van der Waals surface area contributed by atoms with Gasteiger partial charge in [0, 0.05) is 0 Å². The van der Waals surface area contributed by atoms with E-state index >= 15 is 0 Å². The number of aliphatic hydroxyl groups excluding tert-OH is 1. The zero-order valence-corrected chi connectivity index (χ0v) is 8.81. The molecule has 1 aromatic heterocycles. The van der Waals surface area contributed by atoms with Crippen molar-refractivity contribution in [2.24, 2.45) is 5.41 Å². The lowest BCUT2D eigenvalue weighted by atomic mass is 9.96.